The third-order valence-electron chi connectivity index (χ3n) is 2.47. The van der Waals surface area contributed by atoms with Gasteiger partial charge in [-0.3, -0.25) is 0 Å². The van der Waals surface area contributed by atoms with Crippen LogP contribution >= 0.6 is 0 Å². The normalized spacial score (nSPS) is 11.8. The number of hydrogen-bond donors (Lipinski definition) is 3. The fraction of sp³-hybridized carbons (Fsp3) is 0.167. The maximum atomic E-state index is 13.6. The Morgan fingerprint density at radius 3 is 2.56 bits per heavy atom. The summed E-state index contributed by atoms with van der Waals surface area (Å²) < 4.78 is 30.5. The van der Waals surface area contributed by atoms with Crippen molar-refractivity contribution in [2.45, 2.75) is 13.2 Å². The van der Waals surface area contributed by atoms with Crippen LogP contribution in [0.4, 0.5) is 14.5 Å². The Balaban J connectivity index is 2.74. The Kier molecular flexibility index (Phi) is 2.84. The monoisotopic (exact) mass is 255 g/mol. The van der Waals surface area contributed by atoms with Gasteiger partial charge in [-0.1, -0.05) is 6.07 Å². The first-order valence-electron chi connectivity index (χ1n) is 5.09. The topological polar surface area (TPSA) is 75.7 Å². The van der Waals surface area contributed by atoms with E-state index in [-0.39, 0.29) is 5.39 Å². The molecule has 0 aliphatic heterocycles. The average Bonchev–Trinajstić information content (AvgIpc) is 2.20. The van der Waals surface area contributed by atoms with E-state index in [0.29, 0.717) is 16.6 Å². The molecule has 0 saturated heterocycles. The molecule has 18 heavy (non-hydrogen) atoms. The van der Waals surface area contributed by atoms with Gasteiger partial charge in [0.05, 0.1) is 0 Å². The predicted octanol–water partition coefficient (Wildman–Crippen LogP) is 1.81. The fourth-order valence-corrected chi connectivity index (χ4v) is 1.87. The van der Waals surface area contributed by atoms with Gasteiger partial charge in [-0.25, -0.2) is 4.39 Å². The van der Waals surface area contributed by atoms with E-state index in [9.17, 15) is 8.78 Å². The molecule has 0 bridgehead atoms. The van der Waals surface area contributed by atoms with Gasteiger partial charge in [-0.2, -0.15) is 0 Å². The van der Waals surface area contributed by atoms with E-state index >= 15 is 0 Å². The molecule has 0 aromatic heterocycles. The van der Waals surface area contributed by atoms with Gasteiger partial charge < -0.3 is 20.7 Å². The lowest BCUT2D eigenvalue weighted by Gasteiger charge is -2.17. The van der Waals surface area contributed by atoms with Gasteiger partial charge in [0.25, 0.3) is 0 Å². The van der Waals surface area contributed by atoms with Crippen molar-refractivity contribution in [2.24, 2.45) is 0 Å². The summed E-state index contributed by atoms with van der Waals surface area (Å²) in [5, 5.41) is 17.9. The van der Waals surface area contributed by atoms with Crippen molar-refractivity contribution in [3.63, 3.8) is 0 Å². The van der Waals surface area contributed by atoms with E-state index in [2.05, 4.69) is 4.74 Å². The lowest BCUT2D eigenvalue weighted by Crippen LogP contribution is -2.29. The minimum absolute atomic E-state index is 0.231. The van der Waals surface area contributed by atoms with Gasteiger partial charge in [-0.15, -0.1) is 4.39 Å². The van der Waals surface area contributed by atoms with E-state index < -0.39 is 17.8 Å². The van der Waals surface area contributed by atoms with E-state index in [1.165, 1.54) is 6.07 Å². The number of alkyl halides is 1. The molecule has 0 aliphatic rings. The molecule has 4 nitrogen and oxygen atoms in total. The number of anilines is 1. The molecule has 2 aromatic rings. The summed E-state index contributed by atoms with van der Waals surface area (Å²) in [6.07, 6.45) is -3.94. The zero-order valence-electron chi connectivity index (χ0n) is 9.45. The number of halogens is 2. The number of nitrogens with two attached hydrogens (primary N) is 1. The average molecular weight is 255 g/mol. The third kappa shape index (κ3) is 2.34. The molecule has 0 spiro atoms. The van der Waals surface area contributed by atoms with Crippen molar-refractivity contribution in [2.75, 3.05) is 5.73 Å². The number of aliphatic hydroxyl groups is 2. The third-order valence-corrected chi connectivity index (χ3v) is 2.47. The van der Waals surface area contributed by atoms with Crippen LogP contribution in [0.15, 0.2) is 24.3 Å². The van der Waals surface area contributed by atoms with Crippen LogP contribution in [0.1, 0.15) is 5.56 Å². The molecule has 0 aliphatic carbocycles. The lowest BCUT2D eigenvalue weighted by molar-refractivity contribution is -0.375. The van der Waals surface area contributed by atoms with Crippen LogP contribution in [0.3, 0.4) is 0 Å². The molecule has 0 fully saturated rings. The zero-order chi connectivity index (χ0) is 13.5. The second kappa shape index (κ2) is 4.08. The highest BCUT2D eigenvalue weighted by Crippen LogP contribution is 2.34. The van der Waals surface area contributed by atoms with Gasteiger partial charge in [-0.05, 0) is 36.1 Å². The zero-order valence-corrected chi connectivity index (χ0v) is 9.45. The van der Waals surface area contributed by atoms with Crippen LogP contribution in [0, 0.1) is 12.7 Å². The maximum Gasteiger partial charge on any atom is 0.492 e. The van der Waals surface area contributed by atoms with Crippen molar-refractivity contribution in [1.82, 2.24) is 0 Å². The number of rotatable bonds is 2. The summed E-state index contributed by atoms with van der Waals surface area (Å²) in [4.78, 5) is 0. The molecular formula is C12H11F2NO3. The summed E-state index contributed by atoms with van der Waals surface area (Å²) >= 11 is 0. The van der Waals surface area contributed by atoms with Crippen LogP contribution in [-0.2, 0) is 0 Å². The van der Waals surface area contributed by atoms with Gasteiger partial charge in [0.2, 0.25) is 0 Å². The molecule has 0 unspecified atom stereocenters. The first-order valence-corrected chi connectivity index (χ1v) is 5.09. The minimum atomic E-state index is -3.94. The molecule has 0 atom stereocenters. The molecule has 0 heterocycles. The second-order valence-corrected chi connectivity index (χ2v) is 3.94. The summed E-state index contributed by atoms with van der Waals surface area (Å²) in [5.74, 6) is -1.47. The van der Waals surface area contributed by atoms with Gasteiger partial charge in [0, 0.05) is 11.1 Å². The van der Waals surface area contributed by atoms with E-state index in [0.717, 1.165) is 6.07 Å². The number of hydrogen-bond acceptors (Lipinski definition) is 4. The summed E-state index contributed by atoms with van der Waals surface area (Å²) in [6.45, 7) is 1.62. The van der Waals surface area contributed by atoms with E-state index in [1.54, 1.807) is 19.1 Å². The SMILES string of the molecule is Cc1cc(N)cc2ccc(F)c(OC(O)(O)F)c12. The van der Waals surface area contributed by atoms with E-state index in [1.807, 2.05) is 0 Å². The number of ether oxygens (including phenoxy) is 1. The van der Waals surface area contributed by atoms with Crippen LogP contribution in [0.5, 0.6) is 5.75 Å². The Morgan fingerprint density at radius 2 is 1.94 bits per heavy atom. The van der Waals surface area contributed by atoms with Crippen LogP contribution in [0.25, 0.3) is 10.8 Å². The largest absolute Gasteiger partial charge is 0.492 e. The molecule has 0 radical (unpaired) electrons. The van der Waals surface area contributed by atoms with Crippen LogP contribution in [-0.4, -0.2) is 16.4 Å². The van der Waals surface area contributed by atoms with Gasteiger partial charge >= 0.3 is 6.23 Å². The molecule has 2 rings (SSSR count). The minimum Gasteiger partial charge on any atom is -0.409 e. The van der Waals surface area contributed by atoms with Gasteiger partial charge in [0.1, 0.15) is 0 Å². The highest BCUT2D eigenvalue weighted by molar-refractivity contribution is 5.93. The molecule has 6 heteroatoms. The first kappa shape index (κ1) is 12.5. The molecular weight excluding hydrogens is 244 g/mol. The highest BCUT2D eigenvalue weighted by Gasteiger charge is 2.27. The molecule has 96 valence electrons. The number of fused-ring (bicyclic) bond motifs is 1. The number of aryl methyl sites for hydroxylation is 1. The van der Waals surface area contributed by atoms with Gasteiger partial charge in [0.15, 0.2) is 11.6 Å². The Bertz CT molecular complexity index is 608. The number of benzene rings is 2. The van der Waals surface area contributed by atoms with Crippen LogP contribution in [0.2, 0.25) is 0 Å². The smallest absolute Gasteiger partial charge is 0.409 e. The fourth-order valence-electron chi connectivity index (χ4n) is 1.87. The Labute approximate surface area is 101 Å². The van der Waals surface area contributed by atoms with Crippen molar-refractivity contribution in [3.8, 4) is 5.75 Å². The van der Waals surface area contributed by atoms with Crippen LogP contribution < -0.4 is 10.5 Å². The Morgan fingerprint density at radius 1 is 1.28 bits per heavy atom. The van der Waals surface area contributed by atoms with E-state index in [4.69, 9.17) is 15.9 Å². The maximum absolute atomic E-state index is 13.6. The summed E-state index contributed by atoms with van der Waals surface area (Å²) in [7, 11) is 0. The molecule has 0 amide bonds. The van der Waals surface area contributed by atoms with Crippen molar-refractivity contribution < 1.29 is 23.7 Å². The molecule has 4 N–H and O–H groups in total. The highest BCUT2D eigenvalue weighted by atomic mass is 19.2. The summed E-state index contributed by atoms with van der Waals surface area (Å²) in [6, 6.07) is 5.56. The lowest BCUT2D eigenvalue weighted by atomic mass is 10.0. The predicted molar refractivity (Wildman–Crippen MR) is 62.0 cm³/mol. The van der Waals surface area contributed by atoms with Crippen molar-refractivity contribution in [3.05, 3.63) is 35.6 Å². The number of nitrogen functional groups attached to an aromatic ring is 1. The molecule has 2 aromatic carbocycles. The Hall–Kier alpha value is -1.92. The quantitative estimate of drug-likeness (QED) is 0.565. The first-order chi connectivity index (χ1) is 8.28. The molecule has 0 saturated carbocycles. The van der Waals surface area contributed by atoms with Crippen molar-refractivity contribution in [1.29, 1.82) is 0 Å². The van der Waals surface area contributed by atoms with Crippen molar-refractivity contribution >= 4 is 16.5 Å². The second-order valence-electron chi connectivity index (χ2n) is 3.94. The standard InChI is InChI=1S/C12H11F2NO3/c1-6-4-8(15)5-7-2-3-9(13)11(10(6)7)18-12(14,16)17/h2-5,16-17H,15H2,1H3. The summed E-state index contributed by atoms with van der Waals surface area (Å²) in [5.41, 5.74) is 6.62.